The Kier molecular flexibility index (Phi) is 4.44. The first-order chi connectivity index (χ1) is 11.5. The zero-order valence-corrected chi connectivity index (χ0v) is 12.9. The van der Waals surface area contributed by atoms with Crippen molar-refractivity contribution in [1.82, 2.24) is 10.3 Å². The van der Waals surface area contributed by atoms with E-state index in [4.69, 9.17) is 9.84 Å². The van der Waals surface area contributed by atoms with Gasteiger partial charge in [0.1, 0.15) is 5.82 Å². The van der Waals surface area contributed by atoms with E-state index in [1.54, 1.807) is 6.07 Å². The molecule has 6 nitrogen and oxygen atoms in total. The molecule has 1 saturated heterocycles. The number of nitrogens with zero attached hydrogens (tertiary/aromatic N) is 1. The number of pyridine rings is 1. The average molecular weight is 332 g/mol. The van der Waals surface area contributed by atoms with Crippen molar-refractivity contribution in [3.63, 3.8) is 0 Å². The molecule has 1 aromatic carbocycles. The second kappa shape index (κ2) is 6.52. The van der Waals surface area contributed by atoms with Gasteiger partial charge < -0.3 is 15.2 Å². The molecule has 0 bridgehead atoms. The highest BCUT2D eigenvalue weighted by atomic mass is 19.1. The molecule has 2 aromatic rings. The Hall–Kier alpha value is -2.54. The van der Waals surface area contributed by atoms with Crippen LogP contribution < -0.4 is 5.32 Å². The molecule has 0 atom stereocenters. The summed E-state index contributed by atoms with van der Waals surface area (Å²) < 4.78 is 18.6. The lowest BCUT2D eigenvalue weighted by Crippen LogP contribution is -2.53. The Labute approximate surface area is 137 Å². The van der Waals surface area contributed by atoms with Crippen LogP contribution in [0, 0.1) is 5.82 Å². The molecule has 1 aliphatic heterocycles. The number of halogens is 1. The molecule has 3 rings (SSSR count). The average Bonchev–Trinajstić information content (AvgIpc) is 2.54. The van der Waals surface area contributed by atoms with Crippen molar-refractivity contribution in [1.29, 1.82) is 0 Å². The molecular formula is C17H17FN2O4. The monoisotopic (exact) mass is 332 g/mol. The lowest BCUT2D eigenvalue weighted by Gasteiger charge is -2.36. The first-order valence-corrected chi connectivity index (χ1v) is 7.65. The van der Waals surface area contributed by atoms with Crippen LogP contribution in [0.15, 0.2) is 30.5 Å². The van der Waals surface area contributed by atoms with Crippen LogP contribution in [-0.2, 0) is 9.53 Å². The molecule has 0 radical (unpaired) electrons. The van der Waals surface area contributed by atoms with Crippen LogP contribution in [0.4, 0.5) is 4.39 Å². The van der Waals surface area contributed by atoms with Crippen molar-refractivity contribution >= 4 is 22.8 Å². The highest BCUT2D eigenvalue weighted by Gasteiger charge is 2.36. The molecule has 126 valence electrons. The third kappa shape index (κ3) is 3.51. The van der Waals surface area contributed by atoms with Crippen molar-refractivity contribution in [3.8, 4) is 0 Å². The number of fused-ring (bicyclic) bond motifs is 1. The molecular weight excluding hydrogens is 315 g/mol. The maximum Gasteiger partial charge on any atom is 0.305 e. The Morgan fingerprint density at radius 2 is 2.04 bits per heavy atom. The summed E-state index contributed by atoms with van der Waals surface area (Å²) in [6, 6.07) is 5.70. The predicted molar refractivity (Wildman–Crippen MR) is 84.2 cm³/mol. The Morgan fingerprint density at radius 1 is 1.29 bits per heavy atom. The Balaban J connectivity index is 1.85. The second-order valence-corrected chi connectivity index (χ2v) is 5.98. The van der Waals surface area contributed by atoms with E-state index >= 15 is 0 Å². The Morgan fingerprint density at radius 3 is 2.75 bits per heavy atom. The minimum Gasteiger partial charge on any atom is -0.481 e. The van der Waals surface area contributed by atoms with Crippen molar-refractivity contribution in [2.45, 2.75) is 24.8 Å². The quantitative estimate of drug-likeness (QED) is 0.895. The molecule has 0 spiro atoms. The summed E-state index contributed by atoms with van der Waals surface area (Å²) in [6.45, 7) is 0.795. The van der Waals surface area contributed by atoms with Gasteiger partial charge >= 0.3 is 5.97 Å². The number of carbonyl (C=O) groups is 2. The van der Waals surface area contributed by atoms with Gasteiger partial charge in [-0.05, 0) is 37.1 Å². The van der Waals surface area contributed by atoms with Crippen molar-refractivity contribution in [3.05, 3.63) is 41.8 Å². The van der Waals surface area contributed by atoms with Crippen LogP contribution in [0.25, 0.3) is 10.9 Å². The van der Waals surface area contributed by atoms with E-state index in [2.05, 4.69) is 10.3 Å². The molecule has 0 unspecified atom stereocenters. The number of hydrogen-bond acceptors (Lipinski definition) is 4. The second-order valence-electron chi connectivity index (χ2n) is 5.98. The molecule has 7 heteroatoms. The molecule has 1 aliphatic rings. The number of rotatable bonds is 4. The maximum atomic E-state index is 13.3. The minimum atomic E-state index is -0.976. The van der Waals surface area contributed by atoms with Crippen LogP contribution in [0.5, 0.6) is 0 Å². The van der Waals surface area contributed by atoms with E-state index in [9.17, 15) is 14.0 Å². The number of aromatic nitrogens is 1. The summed E-state index contributed by atoms with van der Waals surface area (Å²) >= 11 is 0. The first-order valence-electron chi connectivity index (χ1n) is 7.65. The molecule has 0 saturated carbocycles. The van der Waals surface area contributed by atoms with E-state index in [-0.39, 0.29) is 12.0 Å². The van der Waals surface area contributed by atoms with Gasteiger partial charge in [-0.2, -0.15) is 0 Å². The topological polar surface area (TPSA) is 88.5 Å². The number of nitrogens with one attached hydrogen (secondary N) is 1. The molecule has 0 aliphatic carbocycles. The Bertz CT molecular complexity index is 787. The summed E-state index contributed by atoms with van der Waals surface area (Å²) in [6.07, 6.45) is 2.10. The van der Waals surface area contributed by atoms with E-state index < -0.39 is 23.2 Å². The van der Waals surface area contributed by atoms with Gasteiger partial charge in [0.15, 0.2) is 0 Å². The SMILES string of the molecule is O=C(O)CC1(NC(=O)c2cnc3ccc(F)cc3c2)CCOCC1. The fraction of sp³-hybridized carbons (Fsp3) is 0.353. The van der Waals surface area contributed by atoms with Gasteiger partial charge in [-0.3, -0.25) is 14.6 Å². The minimum absolute atomic E-state index is 0.169. The summed E-state index contributed by atoms with van der Waals surface area (Å²) in [7, 11) is 0. The van der Waals surface area contributed by atoms with Crippen molar-refractivity contribution < 1.29 is 23.8 Å². The van der Waals surface area contributed by atoms with Gasteiger partial charge in [0.25, 0.3) is 5.91 Å². The van der Waals surface area contributed by atoms with E-state index in [0.717, 1.165) is 0 Å². The molecule has 2 heterocycles. The predicted octanol–water partition coefficient (Wildman–Crippen LogP) is 2.13. The fourth-order valence-electron chi connectivity index (χ4n) is 2.94. The van der Waals surface area contributed by atoms with Gasteiger partial charge in [0.2, 0.25) is 0 Å². The lowest BCUT2D eigenvalue weighted by atomic mass is 9.86. The number of benzene rings is 1. The third-order valence-corrected chi connectivity index (χ3v) is 4.22. The van der Waals surface area contributed by atoms with Crippen molar-refractivity contribution in [2.75, 3.05) is 13.2 Å². The summed E-state index contributed by atoms with van der Waals surface area (Å²) in [5.41, 5.74) is 0.0153. The maximum absolute atomic E-state index is 13.3. The number of hydrogen-bond donors (Lipinski definition) is 2. The fourth-order valence-corrected chi connectivity index (χ4v) is 2.94. The van der Waals surface area contributed by atoms with Gasteiger partial charge in [0, 0.05) is 24.8 Å². The van der Waals surface area contributed by atoms with E-state index in [1.807, 2.05) is 0 Å². The summed E-state index contributed by atoms with van der Waals surface area (Å²) in [5, 5.41) is 12.5. The molecule has 1 aromatic heterocycles. The van der Waals surface area contributed by atoms with Crippen LogP contribution in [0.3, 0.4) is 0 Å². The normalized spacial score (nSPS) is 16.7. The molecule has 1 amide bonds. The van der Waals surface area contributed by atoms with E-state index in [1.165, 1.54) is 24.4 Å². The zero-order valence-electron chi connectivity index (χ0n) is 12.9. The highest BCUT2D eigenvalue weighted by molar-refractivity contribution is 5.97. The van der Waals surface area contributed by atoms with Crippen LogP contribution in [-0.4, -0.2) is 40.7 Å². The lowest BCUT2D eigenvalue weighted by molar-refractivity contribution is -0.139. The summed E-state index contributed by atoms with van der Waals surface area (Å²) in [5.74, 6) is -1.80. The highest BCUT2D eigenvalue weighted by Crippen LogP contribution is 2.25. The van der Waals surface area contributed by atoms with Gasteiger partial charge in [-0.15, -0.1) is 0 Å². The van der Waals surface area contributed by atoms with Crippen LogP contribution in [0.1, 0.15) is 29.6 Å². The van der Waals surface area contributed by atoms with Crippen LogP contribution in [0.2, 0.25) is 0 Å². The third-order valence-electron chi connectivity index (χ3n) is 4.22. The van der Waals surface area contributed by atoms with Crippen molar-refractivity contribution in [2.24, 2.45) is 0 Å². The standard InChI is InChI=1S/C17H17FN2O4/c18-13-1-2-14-11(8-13)7-12(10-19-14)16(23)20-17(9-15(21)22)3-5-24-6-4-17/h1-2,7-8,10H,3-6,9H2,(H,20,23)(H,21,22). The number of carboxylic acids is 1. The number of aliphatic carboxylic acids is 1. The van der Waals surface area contributed by atoms with Gasteiger partial charge in [-0.25, -0.2) is 4.39 Å². The first kappa shape index (κ1) is 16.3. The molecule has 1 fully saturated rings. The largest absolute Gasteiger partial charge is 0.481 e. The van der Waals surface area contributed by atoms with E-state index in [0.29, 0.717) is 37.0 Å². The molecule has 2 N–H and O–H groups in total. The van der Waals surface area contributed by atoms with Gasteiger partial charge in [-0.1, -0.05) is 0 Å². The zero-order chi connectivity index (χ0) is 17.2. The molecule has 24 heavy (non-hydrogen) atoms. The number of amides is 1. The van der Waals surface area contributed by atoms with Gasteiger partial charge in [0.05, 0.1) is 23.0 Å². The van der Waals surface area contributed by atoms with Crippen LogP contribution >= 0.6 is 0 Å². The summed E-state index contributed by atoms with van der Waals surface area (Å²) in [4.78, 5) is 27.9. The number of carboxylic acid groups (broad SMARTS) is 1. The number of ether oxygens (including phenoxy) is 1. The smallest absolute Gasteiger partial charge is 0.305 e. The number of carbonyl (C=O) groups excluding carboxylic acids is 1.